The van der Waals surface area contributed by atoms with E-state index in [4.69, 9.17) is 29.2 Å². The van der Waals surface area contributed by atoms with E-state index in [0.717, 1.165) is 96.4 Å². The Hall–Kier alpha value is -8.69. The van der Waals surface area contributed by atoms with E-state index in [0.29, 0.717) is 63.8 Å². The molecule has 464 valence electrons. The van der Waals surface area contributed by atoms with E-state index in [1.54, 1.807) is 97.2 Å². The Labute approximate surface area is 548 Å². The van der Waals surface area contributed by atoms with Gasteiger partial charge in [-0.2, -0.15) is 0 Å². The Morgan fingerprint density at radius 2 is 0.758 bits per heavy atom. The second-order valence-corrected chi connectivity index (χ2v) is 24.4. The lowest BCUT2D eigenvalue weighted by atomic mass is 9.81. The molecule has 0 fully saturated rings. The third-order valence-electron chi connectivity index (χ3n) is 13.6. The fourth-order valence-electron chi connectivity index (χ4n) is 8.99. The molecule has 0 saturated carbocycles. The minimum absolute atomic E-state index is 0.192. The van der Waals surface area contributed by atoms with Gasteiger partial charge in [-0.05, 0) is 118 Å². The van der Waals surface area contributed by atoms with Gasteiger partial charge in [0, 0.05) is 41.3 Å². The number of hydrogen-bond acceptors (Lipinski definition) is 14. The Morgan fingerprint density at radius 3 is 1.15 bits per heavy atom. The van der Waals surface area contributed by atoms with Crippen LogP contribution in [0.4, 0.5) is 13.2 Å². The van der Waals surface area contributed by atoms with Crippen molar-refractivity contribution in [2.45, 2.75) is 59.3 Å². The van der Waals surface area contributed by atoms with E-state index in [2.05, 4.69) is 38.0 Å². The molecule has 2 N–H and O–H groups in total. The zero-order chi connectivity index (χ0) is 64.5. The Morgan fingerprint density at radius 1 is 0.418 bits per heavy atom. The van der Waals surface area contributed by atoms with Gasteiger partial charge in [-0.25, -0.2) is 28.1 Å². The van der Waals surface area contributed by atoms with Crippen LogP contribution in [0.1, 0.15) is 55.1 Å². The molecule has 0 amide bonds. The summed E-state index contributed by atoms with van der Waals surface area (Å²) >= 11 is 8.24. The summed E-state index contributed by atoms with van der Waals surface area (Å²) < 4.78 is 55.1. The highest BCUT2D eigenvalue weighted by Crippen LogP contribution is 2.39. The van der Waals surface area contributed by atoms with Gasteiger partial charge >= 0.3 is 25.0 Å². The van der Waals surface area contributed by atoms with Gasteiger partial charge in [-0.15, -0.1) is 34.0 Å². The average molecular weight is 1340 g/mol. The number of aromatic nitrogens is 3. The smallest absolute Gasteiger partial charge is 0.466 e. The van der Waals surface area contributed by atoms with E-state index in [9.17, 15) is 27.6 Å². The molecular weight excluding hydrogens is 1280 g/mol. The number of benzene rings is 8. The first-order valence-corrected chi connectivity index (χ1v) is 32.6. The largest absolute Gasteiger partial charge is 0.488 e. The molecule has 3 aromatic heterocycles. The fraction of sp³-hybridized carbons (Fsp3) is 0.167. The van der Waals surface area contributed by atoms with Crippen molar-refractivity contribution in [3.63, 3.8) is 0 Å². The van der Waals surface area contributed by atoms with Crippen molar-refractivity contribution in [2.75, 3.05) is 19.8 Å². The summed E-state index contributed by atoms with van der Waals surface area (Å²) in [6, 6.07) is 62.3. The molecule has 0 radical (unpaired) electrons. The van der Waals surface area contributed by atoms with E-state index >= 15 is 0 Å². The molecule has 8 aromatic carbocycles. The first kappa shape index (κ1) is 68.2. The highest BCUT2D eigenvalue weighted by atomic mass is 79.9. The van der Waals surface area contributed by atoms with Crippen molar-refractivity contribution in [1.29, 1.82) is 0 Å². The van der Waals surface area contributed by atoms with Gasteiger partial charge in [0.15, 0.2) is 0 Å². The van der Waals surface area contributed by atoms with E-state index in [1.165, 1.54) is 47.7 Å². The molecule has 0 unspecified atom stereocenters. The molecule has 11 aromatic rings. The molecule has 11 nitrogen and oxygen atoms in total. The third kappa shape index (κ3) is 20.9. The molecule has 0 saturated heterocycles. The number of aryl methyl sites for hydroxylation is 3. The van der Waals surface area contributed by atoms with Crippen LogP contribution in [0.5, 0.6) is 0 Å². The van der Waals surface area contributed by atoms with Crippen LogP contribution in [0.15, 0.2) is 215 Å². The molecule has 0 aliphatic rings. The van der Waals surface area contributed by atoms with Gasteiger partial charge in [-0.1, -0.05) is 170 Å². The van der Waals surface area contributed by atoms with Gasteiger partial charge in [0.2, 0.25) is 0 Å². The third-order valence-corrected chi connectivity index (χ3v) is 17.4. The van der Waals surface area contributed by atoms with Crippen LogP contribution in [0.25, 0.3) is 77.6 Å². The minimum Gasteiger partial charge on any atom is -0.466 e. The summed E-state index contributed by atoms with van der Waals surface area (Å²) in [4.78, 5) is 49.9. The number of hydrogen-bond donors (Lipinski definition) is 2. The van der Waals surface area contributed by atoms with Crippen LogP contribution in [-0.4, -0.2) is 69.8 Å². The van der Waals surface area contributed by atoms with Gasteiger partial charge in [-0.3, -0.25) is 14.4 Å². The van der Waals surface area contributed by atoms with Gasteiger partial charge in [0.1, 0.15) is 17.5 Å². The summed E-state index contributed by atoms with van der Waals surface area (Å²) in [7, 11) is -1.34. The standard InChI is InChI=1S/C26H22FNO2S.C20H17BrFNO2S.C20H18FNO2S.C6H7BO2/c1-2-30-24(29)17-16-23-28-25(26(31-23)21-6-4-3-5-7-21)20-10-8-18(9-11-20)19-12-14-22(27)15-13-19;1-2-25-18(24)12-11-17-23-19(20(21)26-17)15-5-3-13(4-6-15)14-7-9-16(22)10-8-14;1-2-24-20(23)12-11-19-22-18(13-25-19)16-5-3-14(4-6-16)15-7-9-17(21)10-8-15;8-7(9)6-4-2-1-3-5-6/h3-15H,2,16-17H2,1H3;3-10H,2,11-12H2,1H3;3-10,13H,2,11-12H2,1H3;1-5,8-9H. The van der Waals surface area contributed by atoms with Crippen LogP contribution in [0.3, 0.4) is 0 Å². The van der Waals surface area contributed by atoms with Crippen molar-refractivity contribution < 1.29 is 51.8 Å². The number of carbonyl (C=O) groups excluding carboxylic acids is 3. The number of halogens is 4. The van der Waals surface area contributed by atoms with E-state index < -0.39 is 7.12 Å². The number of rotatable bonds is 20. The van der Waals surface area contributed by atoms with E-state index in [-0.39, 0.29) is 35.4 Å². The molecular formula is C72H64BBrF3N3O8S3. The lowest BCUT2D eigenvalue weighted by molar-refractivity contribution is -0.144. The van der Waals surface area contributed by atoms with Gasteiger partial charge in [0.25, 0.3) is 0 Å². The first-order valence-electron chi connectivity index (χ1n) is 29.3. The molecule has 0 bridgehead atoms. The normalized spacial score (nSPS) is 10.6. The highest BCUT2D eigenvalue weighted by molar-refractivity contribution is 9.11. The van der Waals surface area contributed by atoms with Crippen LogP contribution < -0.4 is 5.46 Å². The molecule has 0 atom stereocenters. The Kier molecular flexibility index (Phi) is 26.3. The minimum atomic E-state index is -1.34. The lowest BCUT2D eigenvalue weighted by Crippen LogP contribution is -2.29. The van der Waals surface area contributed by atoms with Crippen LogP contribution in [0, 0.1) is 17.5 Å². The maximum absolute atomic E-state index is 13.2. The number of ether oxygens (including phenoxy) is 3. The lowest BCUT2D eigenvalue weighted by Gasteiger charge is -2.06. The number of nitrogens with zero attached hydrogens (tertiary/aromatic N) is 3. The SMILES string of the molecule is CCOC(=O)CCc1nc(-c2ccc(-c3ccc(F)cc3)cc2)c(-c2ccccc2)s1.CCOC(=O)CCc1nc(-c2ccc(-c3ccc(F)cc3)cc2)c(Br)s1.CCOC(=O)CCc1nc(-c2ccc(-c3ccc(F)cc3)cc2)cs1.OB(O)c1ccccc1. The second-order valence-electron chi connectivity index (χ2n) is 20.0. The van der Waals surface area contributed by atoms with Crippen molar-refractivity contribution in [3.05, 3.63) is 248 Å². The van der Waals surface area contributed by atoms with E-state index in [1.807, 2.05) is 109 Å². The van der Waals surface area contributed by atoms with Crippen molar-refractivity contribution in [2.24, 2.45) is 0 Å². The van der Waals surface area contributed by atoms with Crippen molar-refractivity contribution >= 4 is 80.4 Å². The maximum Gasteiger partial charge on any atom is 0.488 e. The Bertz CT molecular complexity index is 4050. The second kappa shape index (κ2) is 35.1. The summed E-state index contributed by atoms with van der Waals surface area (Å²) in [6.07, 6.45) is 2.71. The molecule has 3 heterocycles. The summed E-state index contributed by atoms with van der Waals surface area (Å²) in [5.74, 6) is -1.33. The maximum atomic E-state index is 13.2. The van der Waals surface area contributed by atoms with Crippen molar-refractivity contribution in [3.8, 4) is 77.6 Å². The summed E-state index contributed by atoms with van der Waals surface area (Å²) in [5.41, 5.74) is 13.3. The Balaban J connectivity index is 0.000000165. The zero-order valence-electron chi connectivity index (χ0n) is 50.1. The number of esters is 3. The predicted molar refractivity (Wildman–Crippen MR) is 363 cm³/mol. The summed E-state index contributed by atoms with van der Waals surface area (Å²) in [5, 5.41) is 21.9. The number of carbonyl (C=O) groups is 3. The van der Waals surface area contributed by atoms with Gasteiger partial charge in [0.05, 0.1) is 79.9 Å². The van der Waals surface area contributed by atoms with Gasteiger partial charge < -0.3 is 24.3 Å². The number of thiazole rings is 3. The first-order chi connectivity index (χ1) is 44.2. The molecule has 0 aliphatic carbocycles. The topological polar surface area (TPSA) is 158 Å². The molecule has 19 heteroatoms. The van der Waals surface area contributed by atoms with Crippen LogP contribution in [0.2, 0.25) is 0 Å². The average Bonchev–Trinajstić information content (AvgIpc) is 1.88. The molecule has 0 aliphatic heterocycles. The predicted octanol–water partition coefficient (Wildman–Crippen LogP) is 17.1. The summed E-state index contributed by atoms with van der Waals surface area (Å²) in [6.45, 7) is 6.59. The quantitative estimate of drug-likeness (QED) is 0.0425. The molecule has 91 heavy (non-hydrogen) atoms. The zero-order valence-corrected chi connectivity index (χ0v) is 54.1. The van der Waals surface area contributed by atoms with Crippen molar-refractivity contribution in [1.82, 2.24) is 15.0 Å². The monoisotopic (exact) mass is 1340 g/mol. The van der Waals surface area contributed by atoms with Crippen LogP contribution in [-0.2, 0) is 47.9 Å². The highest BCUT2D eigenvalue weighted by Gasteiger charge is 2.18. The fourth-order valence-corrected chi connectivity index (χ4v) is 12.6. The van der Waals surface area contributed by atoms with Crippen LogP contribution >= 0.6 is 49.9 Å². The molecule has 0 spiro atoms. The molecule has 11 rings (SSSR count).